The second-order valence-corrected chi connectivity index (χ2v) is 4.72. The first-order valence-corrected chi connectivity index (χ1v) is 6.92. The molecule has 0 fully saturated rings. The molecule has 2 rings (SSSR count). The second-order valence-electron chi connectivity index (χ2n) is 4.72. The molecule has 0 saturated heterocycles. The fraction of sp³-hybridized carbons (Fsp3) is 0.176. The van der Waals surface area contributed by atoms with Crippen LogP contribution in [0.3, 0.4) is 0 Å². The molecule has 5 nitrogen and oxygen atoms in total. The van der Waals surface area contributed by atoms with E-state index < -0.39 is 0 Å². The molecular formula is C17H18N2O3. The van der Waals surface area contributed by atoms with Gasteiger partial charge >= 0.3 is 0 Å². The number of nitrogens with one attached hydrogen (secondary N) is 2. The number of para-hydroxylation sites is 1. The van der Waals surface area contributed by atoms with Gasteiger partial charge in [0, 0.05) is 5.69 Å². The molecule has 114 valence electrons. The monoisotopic (exact) mass is 298 g/mol. The number of amides is 2. The molecule has 22 heavy (non-hydrogen) atoms. The summed E-state index contributed by atoms with van der Waals surface area (Å²) in [5.41, 5.74) is 1.57. The van der Waals surface area contributed by atoms with Gasteiger partial charge in [0.2, 0.25) is 11.8 Å². The molecule has 2 aromatic rings. The van der Waals surface area contributed by atoms with Gasteiger partial charge in [0.15, 0.2) is 0 Å². The normalized spacial score (nSPS) is 9.86. The Morgan fingerprint density at radius 1 is 0.955 bits per heavy atom. The molecule has 0 aliphatic rings. The topological polar surface area (TPSA) is 67.4 Å². The Balaban J connectivity index is 1.76. The molecule has 0 unspecified atom stereocenters. The molecule has 0 radical (unpaired) electrons. The van der Waals surface area contributed by atoms with Crippen molar-refractivity contribution in [2.75, 3.05) is 19.0 Å². The Morgan fingerprint density at radius 2 is 1.64 bits per heavy atom. The van der Waals surface area contributed by atoms with E-state index in [0.29, 0.717) is 5.69 Å². The Morgan fingerprint density at radius 3 is 2.27 bits per heavy atom. The maximum atomic E-state index is 11.8. The molecule has 0 heterocycles. The van der Waals surface area contributed by atoms with Crippen LogP contribution in [0.15, 0.2) is 54.6 Å². The van der Waals surface area contributed by atoms with Crippen LogP contribution in [0.5, 0.6) is 5.75 Å². The maximum Gasteiger partial charge on any atom is 0.243 e. The minimum atomic E-state index is -0.255. The maximum absolute atomic E-state index is 11.8. The predicted molar refractivity (Wildman–Crippen MR) is 84.8 cm³/mol. The average Bonchev–Trinajstić information content (AvgIpc) is 2.55. The van der Waals surface area contributed by atoms with Gasteiger partial charge in [0.05, 0.1) is 20.1 Å². The third-order valence-electron chi connectivity index (χ3n) is 3.03. The number of carbonyl (C=O) groups is 2. The third-order valence-corrected chi connectivity index (χ3v) is 3.03. The van der Waals surface area contributed by atoms with E-state index in [2.05, 4.69) is 10.6 Å². The zero-order chi connectivity index (χ0) is 15.8. The Kier molecular flexibility index (Phi) is 5.54. The largest absolute Gasteiger partial charge is 0.497 e. The number of hydrogen-bond acceptors (Lipinski definition) is 3. The van der Waals surface area contributed by atoms with E-state index in [1.807, 2.05) is 30.3 Å². The number of ether oxygens (including phenoxy) is 1. The summed E-state index contributed by atoms with van der Waals surface area (Å²) in [4.78, 5) is 23.5. The van der Waals surface area contributed by atoms with Crippen LogP contribution in [0.25, 0.3) is 0 Å². The highest BCUT2D eigenvalue weighted by Crippen LogP contribution is 2.11. The van der Waals surface area contributed by atoms with Gasteiger partial charge in [-0.15, -0.1) is 0 Å². The lowest BCUT2D eigenvalue weighted by Gasteiger charge is -2.07. The number of anilines is 1. The summed E-state index contributed by atoms with van der Waals surface area (Å²) >= 11 is 0. The number of hydrogen-bond donors (Lipinski definition) is 2. The first kappa shape index (κ1) is 15.6. The molecule has 5 heteroatoms. The highest BCUT2D eigenvalue weighted by atomic mass is 16.5. The minimum absolute atomic E-state index is 0.0517. The zero-order valence-corrected chi connectivity index (χ0v) is 12.3. The molecule has 0 aromatic heterocycles. The van der Waals surface area contributed by atoms with Crippen LogP contribution >= 0.6 is 0 Å². The number of rotatable bonds is 6. The standard InChI is InChI=1S/C17H18N2O3/c1-22-15-9-7-13(8-10-15)11-16(20)18-12-17(21)19-14-5-3-2-4-6-14/h2-10H,11-12H2,1H3,(H,18,20)(H,19,21). The first-order chi connectivity index (χ1) is 10.7. The Hall–Kier alpha value is -2.82. The Bertz CT molecular complexity index is 624. The van der Waals surface area contributed by atoms with Crippen molar-refractivity contribution in [2.45, 2.75) is 6.42 Å². The molecule has 0 saturated carbocycles. The van der Waals surface area contributed by atoms with Gasteiger partial charge < -0.3 is 15.4 Å². The van der Waals surface area contributed by atoms with Crippen molar-refractivity contribution < 1.29 is 14.3 Å². The van der Waals surface area contributed by atoms with Crippen molar-refractivity contribution in [2.24, 2.45) is 0 Å². The molecule has 2 amide bonds. The van der Waals surface area contributed by atoms with Crippen LogP contribution in [-0.2, 0) is 16.0 Å². The van der Waals surface area contributed by atoms with Crippen LogP contribution in [0.1, 0.15) is 5.56 Å². The number of benzene rings is 2. The first-order valence-electron chi connectivity index (χ1n) is 6.92. The molecular weight excluding hydrogens is 280 g/mol. The molecule has 0 aliphatic carbocycles. The van der Waals surface area contributed by atoms with E-state index >= 15 is 0 Å². The van der Waals surface area contributed by atoms with Gasteiger partial charge in [-0.1, -0.05) is 30.3 Å². The lowest BCUT2D eigenvalue weighted by atomic mass is 10.1. The van der Waals surface area contributed by atoms with Crippen molar-refractivity contribution >= 4 is 17.5 Å². The van der Waals surface area contributed by atoms with Crippen LogP contribution < -0.4 is 15.4 Å². The molecule has 2 aromatic carbocycles. The van der Waals surface area contributed by atoms with Crippen molar-refractivity contribution in [3.05, 3.63) is 60.2 Å². The summed E-state index contributed by atoms with van der Waals surface area (Å²) in [6, 6.07) is 16.3. The highest BCUT2D eigenvalue weighted by Gasteiger charge is 2.07. The Labute approximate surface area is 129 Å². The van der Waals surface area contributed by atoms with Crippen LogP contribution in [0.4, 0.5) is 5.69 Å². The molecule has 2 N–H and O–H groups in total. The smallest absolute Gasteiger partial charge is 0.243 e. The molecule has 0 bridgehead atoms. The number of carbonyl (C=O) groups excluding carboxylic acids is 2. The summed E-state index contributed by atoms with van der Waals surface area (Å²) in [5.74, 6) is 0.286. The molecule has 0 atom stereocenters. The second kappa shape index (κ2) is 7.83. The molecule has 0 spiro atoms. The lowest BCUT2D eigenvalue weighted by Crippen LogP contribution is -2.33. The van der Waals surface area contributed by atoms with Crippen LogP contribution in [0, 0.1) is 0 Å². The van der Waals surface area contributed by atoms with E-state index in [0.717, 1.165) is 11.3 Å². The third kappa shape index (κ3) is 4.94. The zero-order valence-electron chi connectivity index (χ0n) is 12.3. The lowest BCUT2D eigenvalue weighted by molar-refractivity contribution is -0.123. The van der Waals surface area contributed by atoms with Crippen molar-refractivity contribution in [1.82, 2.24) is 5.32 Å². The van der Waals surface area contributed by atoms with Gasteiger partial charge in [-0.05, 0) is 29.8 Å². The summed E-state index contributed by atoms with van der Waals surface area (Å²) in [6.45, 7) is -0.0517. The fourth-order valence-electron chi connectivity index (χ4n) is 1.90. The summed E-state index contributed by atoms with van der Waals surface area (Å²) < 4.78 is 5.06. The fourth-order valence-corrected chi connectivity index (χ4v) is 1.90. The highest BCUT2D eigenvalue weighted by molar-refractivity contribution is 5.94. The van der Waals surface area contributed by atoms with Gasteiger partial charge in [-0.2, -0.15) is 0 Å². The van der Waals surface area contributed by atoms with Crippen LogP contribution in [-0.4, -0.2) is 25.5 Å². The SMILES string of the molecule is COc1ccc(CC(=O)NCC(=O)Nc2ccccc2)cc1. The van der Waals surface area contributed by atoms with E-state index in [9.17, 15) is 9.59 Å². The molecule has 0 aliphatic heterocycles. The van der Waals surface area contributed by atoms with E-state index in [1.54, 1.807) is 31.4 Å². The summed E-state index contributed by atoms with van der Waals surface area (Å²) in [5, 5.41) is 5.30. The van der Waals surface area contributed by atoms with E-state index in [-0.39, 0.29) is 24.8 Å². The van der Waals surface area contributed by atoms with Gasteiger partial charge in [0.25, 0.3) is 0 Å². The van der Waals surface area contributed by atoms with E-state index in [1.165, 1.54) is 0 Å². The van der Waals surface area contributed by atoms with Crippen molar-refractivity contribution in [3.8, 4) is 5.75 Å². The van der Waals surface area contributed by atoms with Gasteiger partial charge in [-0.3, -0.25) is 9.59 Å². The summed E-state index contributed by atoms with van der Waals surface area (Å²) in [6.07, 6.45) is 0.225. The summed E-state index contributed by atoms with van der Waals surface area (Å²) in [7, 11) is 1.59. The minimum Gasteiger partial charge on any atom is -0.497 e. The van der Waals surface area contributed by atoms with Crippen molar-refractivity contribution in [3.63, 3.8) is 0 Å². The van der Waals surface area contributed by atoms with Crippen molar-refractivity contribution in [1.29, 1.82) is 0 Å². The van der Waals surface area contributed by atoms with E-state index in [4.69, 9.17) is 4.74 Å². The average molecular weight is 298 g/mol. The quantitative estimate of drug-likeness (QED) is 0.857. The number of methoxy groups -OCH3 is 1. The van der Waals surface area contributed by atoms with Gasteiger partial charge in [-0.25, -0.2) is 0 Å². The van der Waals surface area contributed by atoms with Gasteiger partial charge in [0.1, 0.15) is 5.75 Å². The predicted octanol–water partition coefficient (Wildman–Crippen LogP) is 1.99. The van der Waals surface area contributed by atoms with Crippen LogP contribution in [0.2, 0.25) is 0 Å².